The van der Waals surface area contributed by atoms with E-state index in [2.05, 4.69) is 11.9 Å². The first-order chi connectivity index (χ1) is 11.6. The Morgan fingerprint density at radius 1 is 1.48 bits per heavy atom. The predicted molar refractivity (Wildman–Crippen MR) is 93.1 cm³/mol. The Morgan fingerprint density at radius 2 is 2.24 bits per heavy atom. The molecule has 5 nitrogen and oxygen atoms in total. The Hall–Kier alpha value is -1.86. The third-order valence-electron chi connectivity index (χ3n) is 3.90. The fraction of sp³-hybridized carbons (Fsp3) is 0.471. The van der Waals surface area contributed by atoms with Gasteiger partial charge in [0.05, 0.1) is 5.56 Å². The number of carbonyl (C=O) groups excluding carboxylic acids is 1. The zero-order chi connectivity index (χ0) is 17.5. The smallest absolute Gasteiger partial charge is 0.410 e. The van der Waals surface area contributed by atoms with Gasteiger partial charge in [-0.2, -0.15) is 0 Å². The van der Waals surface area contributed by atoms with Crippen LogP contribution in [0.2, 0.25) is 0 Å². The van der Waals surface area contributed by atoms with E-state index in [0.29, 0.717) is 19.6 Å². The average molecular weight is 377 g/mol. The number of piperazine rings is 1. The fourth-order valence-corrected chi connectivity index (χ4v) is 2.55. The van der Waals surface area contributed by atoms with Crippen molar-refractivity contribution in [2.75, 3.05) is 26.2 Å². The van der Waals surface area contributed by atoms with Crippen molar-refractivity contribution in [1.82, 2.24) is 10.2 Å². The molecule has 1 saturated heterocycles. The molecule has 1 aromatic rings. The molecule has 1 aromatic carbocycles. The van der Waals surface area contributed by atoms with Crippen molar-refractivity contribution < 1.29 is 23.0 Å². The zero-order valence-electron chi connectivity index (χ0n) is 14.1. The Labute approximate surface area is 152 Å². The Morgan fingerprint density at radius 3 is 2.92 bits per heavy atom. The molecule has 0 radical (unpaired) electrons. The number of nitrogens with one attached hydrogen (secondary N) is 1. The van der Waals surface area contributed by atoms with Gasteiger partial charge in [-0.25, -0.2) is 13.6 Å². The molecule has 0 unspecified atom stereocenters. The van der Waals surface area contributed by atoms with Crippen LogP contribution in [0.1, 0.15) is 18.9 Å². The quantitative estimate of drug-likeness (QED) is 0.774. The lowest BCUT2D eigenvalue weighted by atomic mass is 10.1. The third-order valence-corrected chi connectivity index (χ3v) is 3.90. The minimum atomic E-state index is -0.864. The molecule has 1 aliphatic rings. The number of benzene rings is 1. The standard InChI is InChI=1S/C17H22F2N2O3.ClH/c1-3-9-23-15-6-5-14(18)13(16(15)19)11-24-17(22)21-8-7-20-10-12(21)4-2;/h3,5-6,12,20H,1,4,7-11H2,2H3;1H/t12-;/m1./s1. The molecular weight excluding hydrogens is 354 g/mol. The lowest BCUT2D eigenvalue weighted by molar-refractivity contribution is 0.0697. The minimum Gasteiger partial charge on any atom is -0.486 e. The summed E-state index contributed by atoms with van der Waals surface area (Å²) < 4.78 is 38.4. The molecule has 1 fully saturated rings. The van der Waals surface area contributed by atoms with Gasteiger partial charge in [0.25, 0.3) is 0 Å². The normalized spacial score (nSPS) is 16.8. The van der Waals surface area contributed by atoms with Crippen molar-refractivity contribution in [1.29, 1.82) is 0 Å². The molecule has 1 N–H and O–H groups in total. The van der Waals surface area contributed by atoms with Gasteiger partial charge in [-0.05, 0) is 18.6 Å². The lowest BCUT2D eigenvalue weighted by Gasteiger charge is -2.34. The molecule has 0 spiro atoms. The van der Waals surface area contributed by atoms with E-state index in [-0.39, 0.29) is 36.4 Å². The molecule has 2 rings (SSSR count). The number of nitrogens with zero attached hydrogens (tertiary/aromatic N) is 1. The first-order valence-corrected chi connectivity index (χ1v) is 7.93. The fourth-order valence-electron chi connectivity index (χ4n) is 2.55. The molecule has 140 valence electrons. The summed E-state index contributed by atoms with van der Waals surface area (Å²) in [7, 11) is 0. The van der Waals surface area contributed by atoms with E-state index < -0.39 is 24.3 Å². The Kier molecular flexibility index (Phi) is 8.65. The summed E-state index contributed by atoms with van der Waals surface area (Å²) in [6.45, 7) is 6.90. The van der Waals surface area contributed by atoms with Gasteiger partial charge in [-0.1, -0.05) is 19.6 Å². The van der Waals surface area contributed by atoms with E-state index in [4.69, 9.17) is 9.47 Å². The maximum Gasteiger partial charge on any atom is 0.410 e. The molecule has 0 saturated carbocycles. The SMILES string of the molecule is C=CCOc1ccc(F)c(COC(=O)N2CCNC[C@H]2CC)c1F.Cl. The van der Waals surface area contributed by atoms with Crippen molar-refractivity contribution in [3.05, 3.63) is 42.0 Å². The largest absolute Gasteiger partial charge is 0.486 e. The van der Waals surface area contributed by atoms with E-state index >= 15 is 0 Å². The molecule has 25 heavy (non-hydrogen) atoms. The summed E-state index contributed by atoms with van der Waals surface area (Å²) in [6, 6.07) is 2.30. The second-order valence-corrected chi connectivity index (χ2v) is 5.45. The maximum absolute atomic E-state index is 14.3. The van der Waals surface area contributed by atoms with Gasteiger partial charge in [-0.15, -0.1) is 12.4 Å². The van der Waals surface area contributed by atoms with E-state index in [9.17, 15) is 13.6 Å². The van der Waals surface area contributed by atoms with Gasteiger partial charge in [0.2, 0.25) is 0 Å². The number of halogens is 3. The van der Waals surface area contributed by atoms with Gasteiger partial charge in [-0.3, -0.25) is 0 Å². The molecule has 1 atom stereocenters. The van der Waals surface area contributed by atoms with Crippen LogP contribution in [0.3, 0.4) is 0 Å². The van der Waals surface area contributed by atoms with Crippen LogP contribution >= 0.6 is 12.4 Å². The van der Waals surface area contributed by atoms with Crippen molar-refractivity contribution in [2.24, 2.45) is 0 Å². The summed E-state index contributed by atoms with van der Waals surface area (Å²) in [4.78, 5) is 13.8. The third kappa shape index (κ3) is 5.31. The molecule has 0 aliphatic carbocycles. The molecule has 0 bridgehead atoms. The van der Waals surface area contributed by atoms with E-state index in [1.165, 1.54) is 12.1 Å². The second kappa shape index (κ2) is 10.2. The minimum absolute atomic E-state index is 0. The summed E-state index contributed by atoms with van der Waals surface area (Å²) in [6.07, 6.45) is 1.66. The van der Waals surface area contributed by atoms with Gasteiger partial charge >= 0.3 is 6.09 Å². The number of carbonyl (C=O) groups is 1. The van der Waals surface area contributed by atoms with Crippen LogP contribution in [0.4, 0.5) is 13.6 Å². The highest BCUT2D eigenvalue weighted by molar-refractivity contribution is 5.85. The van der Waals surface area contributed by atoms with Crippen LogP contribution in [-0.2, 0) is 11.3 Å². The van der Waals surface area contributed by atoms with Gasteiger partial charge in [0.15, 0.2) is 11.6 Å². The molecule has 1 heterocycles. The molecule has 0 aromatic heterocycles. The van der Waals surface area contributed by atoms with Crippen LogP contribution in [0.5, 0.6) is 5.75 Å². The second-order valence-electron chi connectivity index (χ2n) is 5.45. The van der Waals surface area contributed by atoms with Crippen LogP contribution in [0, 0.1) is 11.6 Å². The Balaban J connectivity index is 0.00000312. The average Bonchev–Trinajstić information content (AvgIpc) is 2.60. The van der Waals surface area contributed by atoms with E-state index in [1.807, 2.05) is 6.92 Å². The van der Waals surface area contributed by atoms with Crippen LogP contribution in [0.15, 0.2) is 24.8 Å². The van der Waals surface area contributed by atoms with E-state index in [0.717, 1.165) is 12.5 Å². The van der Waals surface area contributed by atoms with Gasteiger partial charge in [0, 0.05) is 25.7 Å². The highest BCUT2D eigenvalue weighted by Crippen LogP contribution is 2.24. The van der Waals surface area contributed by atoms with Crippen molar-refractivity contribution in [3.63, 3.8) is 0 Å². The number of hydrogen-bond donors (Lipinski definition) is 1. The summed E-state index contributed by atoms with van der Waals surface area (Å²) in [5.41, 5.74) is -0.326. The molecular formula is C17H23ClF2N2O3. The summed E-state index contributed by atoms with van der Waals surface area (Å²) in [5.74, 6) is -1.74. The van der Waals surface area contributed by atoms with Gasteiger partial charge < -0.3 is 19.7 Å². The molecule has 8 heteroatoms. The van der Waals surface area contributed by atoms with Crippen LogP contribution in [0.25, 0.3) is 0 Å². The monoisotopic (exact) mass is 376 g/mol. The molecule has 1 aliphatic heterocycles. The molecule has 1 amide bonds. The number of ether oxygens (including phenoxy) is 2. The van der Waals surface area contributed by atoms with Crippen molar-refractivity contribution >= 4 is 18.5 Å². The number of rotatable bonds is 6. The number of hydrogen-bond acceptors (Lipinski definition) is 4. The highest BCUT2D eigenvalue weighted by atomic mass is 35.5. The maximum atomic E-state index is 14.3. The predicted octanol–water partition coefficient (Wildman–Crippen LogP) is 3.27. The zero-order valence-corrected chi connectivity index (χ0v) is 14.9. The summed E-state index contributed by atoms with van der Waals surface area (Å²) >= 11 is 0. The van der Waals surface area contributed by atoms with E-state index in [1.54, 1.807) is 4.90 Å². The first kappa shape index (κ1) is 21.2. The van der Waals surface area contributed by atoms with Gasteiger partial charge in [0.1, 0.15) is 19.0 Å². The van der Waals surface area contributed by atoms with Crippen molar-refractivity contribution in [2.45, 2.75) is 26.0 Å². The van der Waals surface area contributed by atoms with Crippen LogP contribution in [-0.4, -0.2) is 43.3 Å². The first-order valence-electron chi connectivity index (χ1n) is 7.93. The number of amides is 1. The topological polar surface area (TPSA) is 50.8 Å². The van der Waals surface area contributed by atoms with Crippen LogP contribution < -0.4 is 10.1 Å². The summed E-state index contributed by atoms with van der Waals surface area (Å²) in [5, 5.41) is 3.20. The Bertz CT molecular complexity index is 602. The lowest BCUT2D eigenvalue weighted by Crippen LogP contribution is -2.53. The van der Waals surface area contributed by atoms with Crippen molar-refractivity contribution in [3.8, 4) is 5.75 Å². The highest BCUT2D eigenvalue weighted by Gasteiger charge is 2.27.